The number of thioether (sulfide) groups is 1. The van der Waals surface area contributed by atoms with Gasteiger partial charge in [-0.15, -0.1) is 11.8 Å². The van der Waals surface area contributed by atoms with Crippen LogP contribution in [0, 0.1) is 0 Å². The molecule has 0 saturated heterocycles. The van der Waals surface area contributed by atoms with Gasteiger partial charge in [-0.05, 0) is 30.3 Å². The van der Waals surface area contributed by atoms with E-state index in [4.69, 9.17) is 23.2 Å². The van der Waals surface area contributed by atoms with Crippen LogP contribution in [0.15, 0.2) is 47.4 Å². The predicted molar refractivity (Wildman–Crippen MR) is 92.8 cm³/mol. The van der Waals surface area contributed by atoms with Crippen LogP contribution in [0.4, 0.5) is 0 Å². The van der Waals surface area contributed by atoms with E-state index in [-0.39, 0.29) is 6.61 Å². The predicted octanol–water partition coefficient (Wildman–Crippen LogP) is 4.63. The maximum atomic E-state index is 9.31. The number of rotatable bonds is 5. The summed E-state index contributed by atoms with van der Waals surface area (Å²) in [4.78, 5) is 5.66. The van der Waals surface area contributed by atoms with E-state index in [1.54, 1.807) is 11.8 Å². The number of imidazole rings is 1. The van der Waals surface area contributed by atoms with Gasteiger partial charge in [-0.25, -0.2) is 4.98 Å². The van der Waals surface area contributed by atoms with Crippen LogP contribution in [0.3, 0.4) is 0 Å². The van der Waals surface area contributed by atoms with Crippen molar-refractivity contribution in [2.45, 2.75) is 17.2 Å². The fraction of sp³-hybridized carbons (Fsp3) is 0.188. The van der Waals surface area contributed by atoms with Crippen molar-refractivity contribution in [1.82, 2.24) is 9.55 Å². The third-order valence-corrected chi connectivity index (χ3v) is 5.05. The lowest BCUT2D eigenvalue weighted by Crippen LogP contribution is -2.06. The molecule has 1 heterocycles. The SMILES string of the molecule is OCCn1c(CSc2ccccc2Cl)nc2ccc(Cl)cc21. The van der Waals surface area contributed by atoms with Gasteiger partial charge in [0.25, 0.3) is 0 Å². The number of aliphatic hydroxyl groups is 1. The first-order valence-corrected chi connectivity index (χ1v) is 8.56. The van der Waals surface area contributed by atoms with E-state index in [1.807, 2.05) is 47.0 Å². The molecule has 0 saturated carbocycles. The molecule has 3 nitrogen and oxygen atoms in total. The molecular formula is C16H14Cl2N2OS. The average Bonchev–Trinajstić information content (AvgIpc) is 2.84. The summed E-state index contributed by atoms with van der Waals surface area (Å²) in [5.74, 6) is 1.58. The molecule has 0 radical (unpaired) electrons. The molecule has 22 heavy (non-hydrogen) atoms. The van der Waals surface area contributed by atoms with Crippen LogP contribution in [0.2, 0.25) is 10.0 Å². The van der Waals surface area contributed by atoms with E-state index in [1.165, 1.54) is 0 Å². The number of aromatic nitrogens is 2. The van der Waals surface area contributed by atoms with E-state index in [2.05, 4.69) is 4.98 Å². The van der Waals surface area contributed by atoms with Gasteiger partial charge in [-0.3, -0.25) is 0 Å². The lowest BCUT2D eigenvalue weighted by atomic mass is 10.3. The van der Waals surface area contributed by atoms with Crippen LogP contribution in [-0.2, 0) is 12.3 Å². The molecule has 0 spiro atoms. The van der Waals surface area contributed by atoms with Gasteiger partial charge < -0.3 is 9.67 Å². The van der Waals surface area contributed by atoms with Crippen LogP contribution >= 0.6 is 35.0 Å². The summed E-state index contributed by atoms with van der Waals surface area (Å²) >= 11 is 13.9. The molecule has 1 N–H and O–H groups in total. The number of halogens is 2. The molecule has 0 unspecified atom stereocenters. The van der Waals surface area contributed by atoms with Crippen LogP contribution < -0.4 is 0 Å². The second-order valence-corrected chi connectivity index (χ2v) is 6.62. The van der Waals surface area contributed by atoms with Gasteiger partial charge in [-0.1, -0.05) is 35.3 Å². The molecule has 0 bridgehead atoms. The summed E-state index contributed by atoms with van der Waals surface area (Å²) in [5, 5.41) is 10.7. The van der Waals surface area contributed by atoms with Crippen LogP contribution in [0.25, 0.3) is 11.0 Å². The normalized spacial score (nSPS) is 11.2. The third kappa shape index (κ3) is 3.25. The van der Waals surface area contributed by atoms with Gasteiger partial charge in [-0.2, -0.15) is 0 Å². The molecule has 0 aliphatic carbocycles. The van der Waals surface area contributed by atoms with Gasteiger partial charge in [0.05, 0.1) is 28.4 Å². The van der Waals surface area contributed by atoms with Gasteiger partial charge in [0.2, 0.25) is 0 Å². The van der Waals surface area contributed by atoms with Crippen molar-refractivity contribution in [2.75, 3.05) is 6.61 Å². The Balaban J connectivity index is 1.92. The number of benzene rings is 2. The van der Waals surface area contributed by atoms with Crippen molar-refractivity contribution in [3.8, 4) is 0 Å². The molecular weight excluding hydrogens is 339 g/mol. The van der Waals surface area contributed by atoms with Crippen molar-refractivity contribution in [3.05, 3.63) is 58.3 Å². The zero-order valence-corrected chi connectivity index (χ0v) is 14.0. The number of hydrogen-bond acceptors (Lipinski definition) is 3. The lowest BCUT2D eigenvalue weighted by Gasteiger charge is -2.08. The van der Waals surface area contributed by atoms with Gasteiger partial charge in [0.1, 0.15) is 5.82 Å². The molecule has 114 valence electrons. The minimum Gasteiger partial charge on any atom is -0.395 e. The third-order valence-electron chi connectivity index (χ3n) is 3.31. The molecule has 0 atom stereocenters. The molecule has 1 aromatic heterocycles. The number of nitrogens with zero attached hydrogens (tertiary/aromatic N) is 2. The van der Waals surface area contributed by atoms with Crippen molar-refractivity contribution in [1.29, 1.82) is 0 Å². The highest BCUT2D eigenvalue weighted by molar-refractivity contribution is 7.98. The van der Waals surface area contributed by atoms with Crippen molar-refractivity contribution >= 4 is 46.0 Å². The Morgan fingerprint density at radius 2 is 1.95 bits per heavy atom. The highest BCUT2D eigenvalue weighted by atomic mass is 35.5. The lowest BCUT2D eigenvalue weighted by molar-refractivity contribution is 0.276. The molecule has 3 rings (SSSR count). The Bertz CT molecular complexity index is 804. The number of hydrogen-bond donors (Lipinski definition) is 1. The zero-order chi connectivity index (χ0) is 15.5. The average molecular weight is 353 g/mol. The van der Waals surface area contributed by atoms with Gasteiger partial charge in [0.15, 0.2) is 0 Å². The summed E-state index contributed by atoms with van der Waals surface area (Å²) in [5.41, 5.74) is 1.82. The topological polar surface area (TPSA) is 38.0 Å². The summed E-state index contributed by atoms with van der Waals surface area (Å²) in [7, 11) is 0. The second kappa shape index (κ2) is 6.92. The number of aliphatic hydroxyl groups excluding tert-OH is 1. The van der Waals surface area contributed by atoms with Crippen molar-refractivity contribution < 1.29 is 5.11 Å². The minimum absolute atomic E-state index is 0.0573. The molecule has 0 fully saturated rings. The first-order chi connectivity index (χ1) is 10.7. The van der Waals surface area contributed by atoms with Crippen molar-refractivity contribution in [2.24, 2.45) is 0 Å². The molecule has 0 aliphatic heterocycles. The molecule has 3 aromatic rings. The van der Waals surface area contributed by atoms with E-state index in [0.717, 1.165) is 26.8 Å². The molecule has 0 aliphatic rings. The summed E-state index contributed by atoms with van der Waals surface area (Å²) in [6, 6.07) is 13.3. The standard InChI is InChI=1S/C16H14Cl2N2OS/c17-11-5-6-13-14(9-11)20(7-8-21)16(19-13)10-22-15-4-2-1-3-12(15)18/h1-6,9,21H,7-8,10H2. The molecule has 6 heteroatoms. The fourth-order valence-electron chi connectivity index (χ4n) is 2.31. The van der Waals surface area contributed by atoms with Crippen LogP contribution in [0.1, 0.15) is 5.82 Å². The summed E-state index contributed by atoms with van der Waals surface area (Å²) in [6.45, 7) is 0.553. The first-order valence-electron chi connectivity index (χ1n) is 6.82. The summed E-state index contributed by atoms with van der Waals surface area (Å²) < 4.78 is 2.01. The zero-order valence-electron chi connectivity index (χ0n) is 11.7. The maximum absolute atomic E-state index is 9.31. The Labute approximate surface area is 142 Å². The molecule has 0 amide bonds. The Morgan fingerprint density at radius 3 is 2.73 bits per heavy atom. The second-order valence-electron chi connectivity index (χ2n) is 4.76. The largest absolute Gasteiger partial charge is 0.395 e. The fourth-order valence-corrected chi connectivity index (χ4v) is 3.66. The first kappa shape index (κ1) is 15.7. The van der Waals surface area contributed by atoms with Gasteiger partial charge in [0, 0.05) is 16.5 Å². The summed E-state index contributed by atoms with van der Waals surface area (Å²) in [6.07, 6.45) is 0. The number of fused-ring (bicyclic) bond motifs is 1. The highest BCUT2D eigenvalue weighted by Crippen LogP contribution is 2.30. The van der Waals surface area contributed by atoms with E-state index < -0.39 is 0 Å². The van der Waals surface area contributed by atoms with E-state index in [9.17, 15) is 5.11 Å². The maximum Gasteiger partial charge on any atom is 0.120 e. The monoisotopic (exact) mass is 352 g/mol. The quantitative estimate of drug-likeness (QED) is 0.680. The highest BCUT2D eigenvalue weighted by Gasteiger charge is 2.12. The van der Waals surface area contributed by atoms with Crippen LogP contribution in [0.5, 0.6) is 0 Å². The van der Waals surface area contributed by atoms with Crippen LogP contribution in [-0.4, -0.2) is 21.3 Å². The van der Waals surface area contributed by atoms with E-state index in [0.29, 0.717) is 17.3 Å². The van der Waals surface area contributed by atoms with E-state index >= 15 is 0 Å². The van der Waals surface area contributed by atoms with Gasteiger partial charge >= 0.3 is 0 Å². The Hall–Kier alpha value is -1.20. The van der Waals surface area contributed by atoms with Crippen molar-refractivity contribution in [3.63, 3.8) is 0 Å². The minimum atomic E-state index is 0.0573. The molecule has 2 aromatic carbocycles. The smallest absolute Gasteiger partial charge is 0.120 e. The Morgan fingerprint density at radius 1 is 1.14 bits per heavy atom. The Kier molecular flexibility index (Phi) is 4.93.